The summed E-state index contributed by atoms with van der Waals surface area (Å²) in [5, 5.41) is 96.0. The van der Waals surface area contributed by atoms with Gasteiger partial charge in [-0.05, 0) is 97.2 Å². The van der Waals surface area contributed by atoms with Gasteiger partial charge in [0.15, 0.2) is 18.7 Å². The first kappa shape index (κ1) is 42.8. The molecule has 0 aromatic heterocycles. The molecule has 0 spiro atoms. The van der Waals surface area contributed by atoms with Crippen molar-refractivity contribution in [3.05, 3.63) is 11.6 Å². The van der Waals surface area contributed by atoms with Crippen LogP contribution in [-0.2, 0) is 23.7 Å². The molecule has 2 saturated heterocycles. The van der Waals surface area contributed by atoms with Crippen molar-refractivity contribution in [2.75, 3.05) is 13.2 Å². The van der Waals surface area contributed by atoms with Crippen molar-refractivity contribution in [2.45, 2.75) is 180 Å². The van der Waals surface area contributed by atoms with Gasteiger partial charge in [0.2, 0.25) is 0 Å². The highest BCUT2D eigenvalue weighted by Gasteiger charge is 2.69. The zero-order valence-electron chi connectivity index (χ0n) is 34.1. The Hall–Kier alpha value is -1.27. The number of rotatable bonds is 7. The molecule has 56 heavy (non-hydrogen) atoms. The van der Waals surface area contributed by atoms with Gasteiger partial charge < -0.3 is 64.9 Å². The van der Waals surface area contributed by atoms with E-state index in [1.54, 1.807) is 0 Å². The summed E-state index contributed by atoms with van der Waals surface area (Å²) in [5.74, 6) is -0.954. The number of ether oxygens (including phenoxy) is 4. The standard InChI is InChI=1S/C42H68O14/c1-37(2)16-21-20-8-9-24-39(4)12-11-26(40(5,19-44)23(39)10-13-42(24,7)41(20,6)15-14-38(21,3)25(45)17-37)54-36-33(30(49)29(48)32(55-36)34(51)52)56-35-31(50)28(47)27(46)22(18-43)53-35/h8,21-33,35-36,43-50H,9-19H2,1-7H3,(H,51,52)/t21-,22+,23-,24-,25+,26-,27+,28-,29-,30-,31+,32-,33+,35-,36+,38+,39-,40+,41+,42+/m0/s1. The lowest BCUT2D eigenvalue weighted by atomic mass is 9.33. The molecule has 20 atom stereocenters. The molecule has 5 aliphatic carbocycles. The summed E-state index contributed by atoms with van der Waals surface area (Å²) in [7, 11) is 0. The van der Waals surface area contributed by atoms with Gasteiger partial charge in [0.25, 0.3) is 0 Å². The van der Waals surface area contributed by atoms with Crippen molar-refractivity contribution >= 4 is 5.97 Å². The van der Waals surface area contributed by atoms with Crippen LogP contribution < -0.4 is 0 Å². The Morgan fingerprint density at radius 3 is 2.09 bits per heavy atom. The van der Waals surface area contributed by atoms with Crippen molar-refractivity contribution < 1.29 is 69.7 Å². The highest BCUT2D eigenvalue weighted by atomic mass is 16.8. The van der Waals surface area contributed by atoms with Crippen LogP contribution >= 0.6 is 0 Å². The number of fused-ring (bicyclic) bond motifs is 7. The largest absolute Gasteiger partial charge is 0.479 e. The molecule has 0 unspecified atom stereocenters. The summed E-state index contributed by atoms with van der Waals surface area (Å²) in [5.41, 5.74) is 0.271. The molecule has 2 heterocycles. The third-order valence-corrected chi connectivity index (χ3v) is 17.4. The molecule has 0 amide bonds. The highest BCUT2D eigenvalue weighted by Crippen LogP contribution is 2.76. The summed E-state index contributed by atoms with van der Waals surface area (Å²) in [6.07, 6.45) is -8.23. The number of aliphatic hydroxyl groups excluding tert-OH is 8. The van der Waals surface area contributed by atoms with Gasteiger partial charge in [-0.3, -0.25) is 0 Å². The predicted octanol–water partition coefficient (Wildman–Crippen LogP) is 1.85. The van der Waals surface area contributed by atoms with Crippen LogP contribution in [0.2, 0.25) is 0 Å². The number of carboxylic acid groups (broad SMARTS) is 1. The number of hydrogen-bond acceptors (Lipinski definition) is 13. The summed E-state index contributed by atoms with van der Waals surface area (Å²) in [4.78, 5) is 12.2. The minimum atomic E-state index is -1.97. The molecule has 7 aliphatic rings. The zero-order chi connectivity index (χ0) is 41.1. The summed E-state index contributed by atoms with van der Waals surface area (Å²) in [6.45, 7) is 15.2. The number of allylic oxidation sites excluding steroid dienone is 2. The maximum absolute atomic E-state index is 12.2. The van der Waals surface area contributed by atoms with Gasteiger partial charge in [0.05, 0.1) is 25.4 Å². The van der Waals surface area contributed by atoms with E-state index in [0.29, 0.717) is 18.3 Å². The van der Waals surface area contributed by atoms with E-state index < -0.39 is 85.5 Å². The number of hydrogen-bond donors (Lipinski definition) is 9. The third kappa shape index (κ3) is 6.21. The molecule has 0 aromatic carbocycles. The number of aliphatic carboxylic acids is 1. The Morgan fingerprint density at radius 2 is 1.45 bits per heavy atom. The maximum Gasteiger partial charge on any atom is 0.335 e. The van der Waals surface area contributed by atoms with Gasteiger partial charge in [0.1, 0.15) is 42.7 Å². The second-order valence-electron chi connectivity index (χ2n) is 20.8. The van der Waals surface area contributed by atoms with Gasteiger partial charge in [-0.2, -0.15) is 0 Å². The Bertz CT molecular complexity index is 1520. The van der Waals surface area contributed by atoms with Crippen molar-refractivity contribution in [3.63, 3.8) is 0 Å². The second-order valence-corrected chi connectivity index (χ2v) is 20.8. The predicted molar refractivity (Wildman–Crippen MR) is 199 cm³/mol. The maximum atomic E-state index is 12.2. The van der Waals surface area contributed by atoms with Gasteiger partial charge in [-0.1, -0.05) is 60.1 Å². The van der Waals surface area contributed by atoms with Crippen molar-refractivity contribution in [3.8, 4) is 0 Å². The molecule has 4 saturated carbocycles. The lowest BCUT2D eigenvalue weighted by Gasteiger charge is -2.72. The second kappa shape index (κ2) is 14.4. The molecule has 0 aromatic rings. The monoisotopic (exact) mass is 796 g/mol. The van der Waals surface area contributed by atoms with E-state index in [-0.39, 0.29) is 45.7 Å². The van der Waals surface area contributed by atoms with Crippen LogP contribution in [0.25, 0.3) is 0 Å². The molecular formula is C42H68O14. The number of aliphatic hydroxyl groups is 8. The fraction of sp³-hybridized carbons (Fsp3) is 0.929. The fourth-order valence-electron chi connectivity index (χ4n) is 13.7. The first-order valence-electron chi connectivity index (χ1n) is 20.9. The van der Waals surface area contributed by atoms with Crippen molar-refractivity contribution in [1.82, 2.24) is 0 Å². The summed E-state index contributed by atoms with van der Waals surface area (Å²) >= 11 is 0. The normalized spacial score (nSPS) is 55.5. The lowest BCUT2D eigenvalue weighted by molar-refractivity contribution is -0.375. The van der Waals surface area contributed by atoms with Crippen LogP contribution in [0.3, 0.4) is 0 Å². The molecule has 0 bridgehead atoms. The topological polar surface area (TPSA) is 236 Å². The van der Waals surface area contributed by atoms with Crippen LogP contribution in [0.1, 0.15) is 106 Å². The smallest absolute Gasteiger partial charge is 0.335 e. The lowest BCUT2D eigenvalue weighted by Crippen LogP contribution is -2.68. The molecule has 7 rings (SSSR count). The van der Waals surface area contributed by atoms with E-state index in [0.717, 1.165) is 51.4 Å². The summed E-state index contributed by atoms with van der Waals surface area (Å²) < 4.78 is 23.8. The van der Waals surface area contributed by atoms with E-state index in [4.69, 9.17) is 18.9 Å². The zero-order valence-corrected chi connectivity index (χ0v) is 34.1. The molecule has 14 nitrogen and oxygen atoms in total. The van der Waals surface area contributed by atoms with E-state index in [9.17, 15) is 50.8 Å². The van der Waals surface area contributed by atoms with Crippen LogP contribution in [0.15, 0.2) is 11.6 Å². The molecular weight excluding hydrogens is 728 g/mol. The van der Waals surface area contributed by atoms with Crippen LogP contribution in [0, 0.1) is 50.2 Å². The Balaban J connectivity index is 1.17. The molecule has 14 heteroatoms. The number of carboxylic acids is 1. The van der Waals surface area contributed by atoms with E-state index in [2.05, 4.69) is 47.6 Å². The van der Waals surface area contributed by atoms with Crippen LogP contribution in [0.4, 0.5) is 0 Å². The Labute approximate surface area is 330 Å². The van der Waals surface area contributed by atoms with Gasteiger partial charge >= 0.3 is 5.97 Å². The summed E-state index contributed by atoms with van der Waals surface area (Å²) in [6, 6.07) is 0. The average Bonchev–Trinajstić information content (AvgIpc) is 3.13. The first-order valence-corrected chi connectivity index (χ1v) is 20.9. The minimum Gasteiger partial charge on any atom is -0.479 e. The van der Waals surface area contributed by atoms with Gasteiger partial charge in [-0.25, -0.2) is 4.79 Å². The first-order chi connectivity index (χ1) is 26.0. The minimum absolute atomic E-state index is 0.0149. The van der Waals surface area contributed by atoms with E-state index >= 15 is 0 Å². The molecule has 0 radical (unpaired) electrons. The van der Waals surface area contributed by atoms with E-state index in [1.165, 1.54) is 5.57 Å². The molecule has 2 aliphatic heterocycles. The quantitative estimate of drug-likeness (QED) is 0.132. The van der Waals surface area contributed by atoms with Gasteiger partial charge in [0, 0.05) is 10.8 Å². The fourth-order valence-corrected chi connectivity index (χ4v) is 13.7. The third-order valence-electron chi connectivity index (χ3n) is 17.4. The van der Waals surface area contributed by atoms with Crippen molar-refractivity contribution in [2.24, 2.45) is 50.2 Å². The van der Waals surface area contributed by atoms with E-state index in [1.807, 2.05) is 6.92 Å². The van der Waals surface area contributed by atoms with Crippen molar-refractivity contribution in [1.29, 1.82) is 0 Å². The molecule has 6 fully saturated rings. The SMILES string of the molecule is CC1(C)C[C@@H](O)[C@]2(C)CC[C@]3(C)C(=CC[C@H]4[C@@]5(C)CC[C@H](O[C@@H]6O[C@H](C(=O)O)[C@@H](O)[C@H](O)[C@H]6O[C@@H]6O[C@H](CO)[C@@H](O)[C@H](O)[C@H]6O)[C@](C)(CO)[C@H]5CC[C@]43C)[C@@H]2C1. The average molecular weight is 797 g/mol. The van der Waals surface area contributed by atoms with Crippen LogP contribution in [-0.4, -0.2) is 139 Å². The number of carbonyl (C=O) groups is 1. The Morgan fingerprint density at radius 1 is 0.750 bits per heavy atom. The Kier molecular flexibility index (Phi) is 11.0. The molecule has 9 N–H and O–H groups in total. The van der Waals surface area contributed by atoms with Crippen LogP contribution in [0.5, 0.6) is 0 Å². The van der Waals surface area contributed by atoms with Gasteiger partial charge in [-0.15, -0.1) is 0 Å². The molecule has 320 valence electrons. The highest BCUT2D eigenvalue weighted by molar-refractivity contribution is 5.73.